The standard InChI is InChI=1S/C19H29N3O4/c1-12-7-8-13(26-6)11-14(12)15(20-5)17(24)22-16(19(2,3)4)18(25)21-9-10-23/h7-8,11,16,23H,9-10H2,1-6H3,(H,21,25)(H,22,24). The summed E-state index contributed by atoms with van der Waals surface area (Å²) in [6, 6.07) is 4.63. The van der Waals surface area contributed by atoms with Crippen LogP contribution in [-0.4, -0.2) is 56.0 Å². The molecule has 26 heavy (non-hydrogen) atoms. The minimum absolute atomic E-state index is 0.130. The van der Waals surface area contributed by atoms with Crippen LogP contribution < -0.4 is 15.4 Å². The van der Waals surface area contributed by atoms with Crippen LogP contribution in [0, 0.1) is 12.3 Å². The zero-order valence-corrected chi connectivity index (χ0v) is 16.3. The molecule has 144 valence electrons. The summed E-state index contributed by atoms with van der Waals surface area (Å²) in [6.07, 6.45) is 0. The average molecular weight is 363 g/mol. The summed E-state index contributed by atoms with van der Waals surface area (Å²) in [7, 11) is 3.09. The zero-order chi connectivity index (χ0) is 19.9. The van der Waals surface area contributed by atoms with Crippen molar-refractivity contribution in [2.45, 2.75) is 33.7 Å². The number of aliphatic hydroxyl groups excluding tert-OH is 1. The molecular weight excluding hydrogens is 334 g/mol. The van der Waals surface area contributed by atoms with Crippen molar-refractivity contribution in [1.29, 1.82) is 0 Å². The quantitative estimate of drug-likeness (QED) is 0.631. The summed E-state index contributed by atoms with van der Waals surface area (Å²) in [5, 5.41) is 14.3. The van der Waals surface area contributed by atoms with Crippen LogP contribution in [0.3, 0.4) is 0 Å². The number of aryl methyl sites for hydroxylation is 1. The van der Waals surface area contributed by atoms with Crippen LogP contribution >= 0.6 is 0 Å². The monoisotopic (exact) mass is 363 g/mol. The molecule has 0 saturated carbocycles. The van der Waals surface area contributed by atoms with E-state index < -0.39 is 17.4 Å². The van der Waals surface area contributed by atoms with Gasteiger partial charge in [-0.05, 0) is 30.0 Å². The van der Waals surface area contributed by atoms with Crippen molar-refractivity contribution >= 4 is 17.5 Å². The molecule has 0 aliphatic carbocycles. The Morgan fingerprint density at radius 1 is 1.31 bits per heavy atom. The molecule has 1 aromatic rings. The predicted molar refractivity (Wildman–Crippen MR) is 102 cm³/mol. The molecule has 0 bridgehead atoms. The molecule has 0 radical (unpaired) electrons. The molecule has 0 spiro atoms. The van der Waals surface area contributed by atoms with Crippen LogP contribution in [0.1, 0.15) is 31.9 Å². The van der Waals surface area contributed by atoms with Gasteiger partial charge in [-0.2, -0.15) is 0 Å². The number of hydrogen-bond acceptors (Lipinski definition) is 5. The van der Waals surface area contributed by atoms with Crippen molar-refractivity contribution in [2.75, 3.05) is 27.3 Å². The Bertz CT molecular complexity index is 678. The SMILES string of the molecule is CN=C(C(=O)NC(C(=O)NCCO)C(C)(C)C)c1cc(OC)ccc1C. The molecule has 0 aliphatic heterocycles. The summed E-state index contributed by atoms with van der Waals surface area (Å²) in [6.45, 7) is 7.41. The fourth-order valence-electron chi connectivity index (χ4n) is 2.48. The number of hydrogen-bond donors (Lipinski definition) is 3. The van der Waals surface area contributed by atoms with Crippen LogP contribution in [0.4, 0.5) is 0 Å². The minimum Gasteiger partial charge on any atom is -0.497 e. The van der Waals surface area contributed by atoms with Gasteiger partial charge in [0.05, 0.1) is 13.7 Å². The number of aliphatic hydroxyl groups is 1. The Morgan fingerprint density at radius 2 is 1.96 bits per heavy atom. The summed E-state index contributed by atoms with van der Waals surface area (Å²) in [5.41, 5.74) is 1.23. The molecule has 1 unspecified atom stereocenters. The number of ether oxygens (including phenoxy) is 1. The molecule has 7 nitrogen and oxygen atoms in total. The van der Waals surface area contributed by atoms with Gasteiger partial charge in [-0.3, -0.25) is 14.6 Å². The van der Waals surface area contributed by atoms with E-state index in [4.69, 9.17) is 9.84 Å². The molecule has 0 saturated heterocycles. The second kappa shape index (κ2) is 9.33. The predicted octanol–water partition coefficient (Wildman–Crippen LogP) is 1.06. The molecule has 1 atom stereocenters. The molecule has 0 aliphatic rings. The van der Waals surface area contributed by atoms with Crippen molar-refractivity contribution in [3.63, 3.8) is 0 Å². The molecule has 0 heterocycles. The van der Waals surface area contributed by atoms with Gasteiger partial charge in [-0.25, -0.2) is 0 Å². The molecule has 7 heteroatoms. The largest absolute Gasteiger partial charge is 0.497 e. The Balaban J connectivity index is 3.12. The van der Waals surface area contributed by atoms with E-state index in [1.165, 1.54) is 7.05 Å². The molecule has 0 fully saturated rings. The Morgan fingerprint density at radius 3 is 2.46 bits per heavy atom. The third-order valence-electron chi connectivity index (χ3n) is 3.95. The summed E-state index contributed by atoms with van der Waals surface area (Å²) in [5.74, 6) is -0.173. The first-order valence-electron chi connectivity index (χ1n) is 8.47. The highest BCUT2D eigenvalue weighted by molar-refractivity contribution is 6.46. The van der Waals surface area contributed by atoms with Gasteiger partial charge < -0.3 is 20.5 Å². The lowest BCUT2D eigenvalue weighted by Gasteiger charge is -2.30. The molecule has 0 aromatic heterocycles. The highest BCUT2D eigenvalue weighted by Crippen LogP contribution is 2.21. The number of benzene rings is 1. The maximum Gasteiger partial charge on any atom is 0.270 e. The number of amides is 2. The first-order chi connectivity index (χ1) is 12.1. The van der Waals surface area contributed by atoms with E-state index in [9.17, 15) is 9.59 Å². The Hall–Kier alpha value is -2.41. The summed E-state index contributed by atoms with van der Waals surface area (Å²) >= 11 is 0. The van der Waals surface area contributed by atoms with Gasteiger partial charge in [0, 0.05) is 19.2 Å². The second-order valence-electron chi connectivity index (χ2n) is 7.04. The third-order valence-corrected chi connectivity index (χ3v) is 3.95. The van der Waals surface area contributed by atoms with Gasteiger partial charge in [0.2, 0.25) is 5.91 Å². The zero-order valence-electron chi connectivity index (χ0n) is 16.3. The van der Waals surface area contributed by atoms with Gasteiger partial charge in [-0.1, -0.05) is 26.8 Å². The van der Waals surface area contributed by atoms with Gasteiger partial charge in [-0.15, -0.1) is 0 Å². The Kier molecular flexibility index (Phi) is 7.76. The maximum absolute atomic E-state index is 12.8. The van der Waals surface area contributed by atoms with Crippen LogP contribution in [0.15, 0.2) is 23.2 Å². The smallest absolute Gasteiger partial charge is 0.270 e. The number of rotatable bonds is 7. The fraction of sp³-hybridized carbons (Fsp3) is 0.526. The van der Waals surface area contributed by atoms with Crippen LogP contribution in [0.5, 0.6) is 5.75 Å². The number of carbonyl (C=O) groups is 2. The number of aliphatic imine (C=N–C) groups is 1. The summed E-state index contributed by atoms with van der Waals surface area (Å²) in [4.78, 5) is 29.4. The van der Waals surface area contributed by atoms with E-state index in [1.807, 2.05) is 39.8 Å². The number of nitrogens with one attached hydrogen (secondary N) is 2. The molecule has 1 aromatic carbocycles. The molecule has 3 N–H and O–H groups in total. The van der Waals surface area contributed by atoms with Gasteiger partial charge in [0.1, 0.15) is 17.5 Å². The van der Waals surface area contributed by atoms with E-state index >= 15 is 0 Å². The normalized spacial score (nSPS) is 13.1. The van der Waals surface area contributed by atoms with Crippen molar-refractivity contribution in [3.8, 4) is 5.75 Å². The maximum atomic E-state index is 12.8. The molecular formula is C19H29N3O4. The molecule has 1 rings (SSSR count). The van der Waals surface area contributed by atoms with E-state index in [2.05, 4.69) is 15.6 Å². The van der Waals surface area contributed by atoms with Crippen molar-refractivity contribution < 1.29 is 19.4 Å². The lowest BCUT2D eigenvalue weighted by molar-refractivity contribution is -0.129. The van der Waals surface area contributed by atoms with Crippen molar-refractivity contribution in [3.05, 3.63) is 29.3 Å². The second-order valence-corrected chi connectivity index (χ2v) is 7.04. The van der Waals surface area contributed by atoms with Crippen molar-refractivity contribution in [2.24, 2.45) is 10.4 Å². The molecule has 2 amide bonds. The third kappa shape index (κ3) is 5.56. The summed E-state index contributed by atoms with van der Waals surface area (Å²) < 4.78 is 5.23. The van der Waals surface area contributed by atoms with E-state index in [1.54, 1.807) is 13.2 Å². The minimum atomic E-state index is -0.774. The highest BCUT2D eigenvalue weighted by Gasteiger charge is 2.33. The fourth-order valence-corrected chi connectivity index (χ4v) is 2.48. The topological polar surface area (TPSA) is 100 Å². The van der Waals surface area contributed by atoms with E-state index in [0.717, 1.165) is 5.56 Å². The lowest BCUT2D eigenvalue weighted by atomic mass is 9.85. The number of methoxy groups -OCH3 is 1. The van der Waals surface area contributed by atoms with Crippen LogP contribution in [-0.2, 0) is 9.59 Å². The number of nitrogens with zero attached hydrogens (tertiary/aromatic N) is 1. The average Bonchev–Trinajstić information content (AvgIpc) is 2.58. The van der Waals surface area contributed by atoms with Crippen LogP contribution in [0.2, 0.25) is 0 Å². The number of carbonyl (C=O) groups excluding carboxylic acids is 2. The lowest BCUT2D eigenvalue weighted by Crippen LogP contribution is -2.55. The van der Waals surface area contributed by atoms with Gasteiger partial charge in [0.25, 0.3) is 5.91 Å². The highest BCUT2D eigenvalue weighted by atomic mass is 16.5. The first-order valence-corrected chi connectivity index (χ1v) is 8.47. The van der Waals surface area contributed by atoms with E-state index in [-0.39, 0.29) is 24.8 Å². The Labute approximate surface area is 154 Å². The van der Waals surface area contributed by atoms with Gasteiger partial charge >= 0.3 is 0 Å². The van der Waals surface area contributed by atoms with Crippen LogP contribution in [0.25, 0.3) is 0 Å². The van der Waals surface area contributed by atoms with Crippen molar-refractivity contribution in [1.82, 2.24) is 10.6 Å². The van der Waals surface area contributed by atoms with E-state index in [0.29, 0.717) is 11.3 Å². The first kappa shape index (κ1) is 21.6. The van der Waals surface area contributed by atoms with Gasteiger partial charge in [0.15, 0.2) is 0 Å².